The molecule has 0 radical (unpaired) electrons. The molecule has 0 atom stereocenters. The van der Waals surface area contributed by atoms with E-state index in [1.807, 2.05) is 24.0 Å². The predicted octanol–water partition coefficient (Wildman–Crippen LogP) is 2.52. The quantitative estimate of drug-likeness (QED) is 0.905. The van der Waals surface area contributed by atoms with Crippen LogP contribution in [0.2, 0.25) is 0 Å². The Hall–Kier alpha value is -1.35. The van der Waals surface area contributed by atoms with E-state index in [1.54, 1.807) is 0 Å². The Balaban J connectivity index is 2.03. The molecule has 1 heterocycles. The number of hydrogen-bond donors (Lipinski definition) is 1. The molecule has 19 heavy (non-hydrogen) atoms. The fourth-order valence-corrected chi connectivity index (χ4v) is 2.73. The van der Waals surface area contributed by atoms with Gasteiger partial charge in [-0.1, -0.05) is 19.1 Å². The van der Waals surface area contributed by atoms with Crippen molar-refractivity contribution >= 4 is 5.91 Å². The van der Waals surface area contributed by atoms with Gasteiger partial charge in [0, 0.05) is 24.7 Å². The van der Waals surface area contributed by atoms with Crippen LogP contribution < -0.4 is 5.32 Å². The Morgan fingerprint density at radius 3 is 2.63 bits per heavy atom. The average Bonchev–Trinajstić information content (AvgIpc) is 2.42. The van der Waals surface area contributed by atoms with Crippen molar-refractivity contribution in [3.8, 4) is 0 Å². The minimum absolute atomic E-state index is 0.191. The molecule has 2 rings (SSSR count). The maximum atomic E-state index is 12.5. The van der Waals surface area contributed by atoms with Gasteiger partial charge in [-0.25, -0.2) is 0 Å². The van der Waals surface area contributed by atoms with Crippen LogP contribution in [0.5, 0.6) is 0 Å². The van der Waals surface area contributed by atoms with Crippen molar-refractivity contribution in [1.29, 1.82) is 0 Å². The molecule has 1 amide bonds. The number of piperidine rings is 1. The van der Waals surface area contributed by atoms with E-state index >= 15 is 0 Å². The molecule has 0 spiro atoms. The van der Waals surface area contributed by atoms with Gasteiger partial charge >= 0.3 is 0 Å². The van der Waals surface area contributed by atoms with Crippen LogP contribution in [0.25, 0.3) is 0 Å². The summed E-state index contributed by atoms with van der Waals surface area (Å²) in [6.07, 6.45) is 2.12. The molecule has 1 aromatic carbocycles. The Morgan fingerprint density at radius 1 is 1.32 bits per heavy atom. The molecular formula is C16H24N2O. The maximum absolute atomic E-state index is 12.5. The van der Waals surface area contributed by atoms with E-state index in [9.17, 15) is 4.79 Å². The first-order valence-electron chi connectivity index (χ1n) is 7.22. The highest BCUT2D eigenvalue weighted by Crippen LogP contribution is 2.18. The third-order valence-corrected chi connectivity index (χ3v) is 4.11. The van der Waals surface area contributed by atoms with Crippen LogP contribution in [0.15, 0.2) is 18.2 Å². The van der Waals surface area contributed by atoms with Gasteiger partial charge in [-0.15, -0.1) is 0 Å². The Labute approximate surface area is 116 Å². The molecule has 0 saturated carbocycles. The molecule has 0 unspecified atom stereocenters. The number of rotatable bonds is 3. The molecule has 3 heteroatoms. The van der Waals surface area contributed by atoms with E-state index in [1.165, 1.54) is 5.56 Å². The van der Waals surface area contributed by atoms with E-state index in [0.717, 1.165) is 43.6 Å². The van der Waals surface area contributed by atoms with Gasteiger partial charge in [-0.3, -0.25) is 4.79 Å². The Kier molecular flexibility index (Phi) is 4.59. The molecule has 1 fully saturated rings. The van der Waals surface area contributed by atoms with Gasteiger partial charge in [-0.05, 0) is 50.4 Å². The highest BCUT2D eigenvalue weighted by atomic mass is 16.2. The second kappa shape index (κ2) is 6.20. The molecule has 1 aliphatic rings. The summed E-state index contributed by atoms with van der Waals surface area (Å²) >= 11 is 0. The normalized spacial score (nSPS) is 16.7. The third-order valence-electron chi connectivity index (χ3n) is 4.11. The van der Waals surface area contributed by atoms with Crippen molar-refractivity contribution in [3.05, 3.63) is 34.9 Å². The molecule has 104 valence electrons. The number of aryl methyl sites for hydroxylation is 1. The van der Waals surface area contributed by atoms with Gasteiger partial charge in [-0.2, -0.15) is 0 Å². The summed E-state index contributed by atoms with van der Waals surface area (Å²) in [6, 6.07) is 6.55. The lowest BCUT2D eigenvalue weighted by Crippen LogP contribution is -2.45. The molecular weight excluding hydrogens is 236 g/mol. The van der Waals surface area contributed by atoms with Crippen molar-refractivity contribution in [2.75, 3.05) is 19.6 Å². The number of carbonyl (C=O) groups is 1. The smallest absolute Gasteiger partial charge is 0.254 e. The highest BCUT2D eigenvalue weighted by molar-refractivity contribution is 5.96. The Bertz CT molecular complexity index is 448. The topological polar surface area (TPSA) is 32.3 Å². The first-order valence-corrected chi connectivity index (χ1v) is 7.22. The molecule has 1 N–H and O–H groups in total. The summed E-state index contributed by atoms with van der Waals surface area (Å²) < 4.78 is 0. The number of amides is 1. The lowest BCUT2D eigenvalue weighted by molar-refractivity contribution is 0.0705. The van der Waals surface area contributed by atoms with Crippen LogP contribution in [0.3, 0.4) is 0 Å². The lowest BCUT2D eigenvalue weighted by Gasteiger charge is -2.32. The zero-order valence-electron chi connectivity index (χ0n) is 12.2. The zero-order chi connectivity index (χ0) is 13.8. The summed E-state index contributed by atoms with van der Waals surface area (Å²) in [7, 11) is 0. The molecule has 1 saturated heterocycles. The second-order valence-electron chi connectivity index (χ2n) is 5.37. The summed E-state index contributed by atoms with van der Waals surface area (Å²) in [5.41, 5.74) is 3.16. The number of nitrogens with one attached hydrogen (secondary N) is 1. The first kappa shape index (κ1) is 14.1. The van der Waals surface area contributed by atoms with Crippen molar-refractivity contribution in [2.24, 2.45) is 0 Å². The number of carbonyl (C=O) groups excluding carboxylic acids is 1. The molecule has 1 aromatic rings. The van der Waals surface area contributed by atoms with Gasteiger partial charge in [0.05, 0.1) is 0 Å². The van der Waals surface area contributed by atoms with Crippen LogP contribution >= 0.6 is 0 Å². The van der Waals surface area contributed by atoms with Crippen LogP contribution in [0, 0.1) is 13.8 Å². The maximum Gasteiger partial charge on any atom is 0.254 e. The summed E-state index contributed by atoms with van der Waals surface area (Å²) in [4.78, 5) is 14.5. The van der Waals surface area contributed by atoms with Gasteiger partial charge in [0.1, 0.15) is 0 Å². The van der Waals surface area contributed by atoms with E-state index < -0.39 is 0 Å². The average molecular weight is 260 g/mol. The summed E-state index contributed by atoms with van der Waals surface area (Å²) in [5, 5.41) is 3.47. The third kappa shape index (κ3) is 3.16. The van der Waals surface area contributed by atoms with Gasteiger partial charge in [0.2, 0.25) is 0 Å². The van der Waals surface area contributed by atoms with Crippen molar-refractivity contribution in [1.82, 2.24) is 10.2 Å². The highest BCUT2D eigenvalue weighted by Gasteiger charge is 2.24. The number of nitrogens with zero attached hydrogens (tertiary/aromatic N) is 1. The Morgan fingerprint density at radius 2 is 2.00 bits per heavy atom. The van der Waals surface area contributed by atoms with E-state index in [4.69, 9.17) is 0 Å². The van der Waals surface area contributed by atoms with Gasteiger partial charge in [0.15, 0.2) is 0 Å². The van der Waals surface area contributed by atoms with Crippen molar-refractivity contribution in [3.63, 3.8) is 0 Å². The van der Waals surface area contributed by atoms with Crippen LogP contribution in [0.4, 0.5) is 0 Å². The minimum atomic E-state index is 0.191. The minimum Gasteiger partial charge on any atom is -0.339 e. The number of hydrogen-bond acceptors (Lipinski definition) is 2. The van der Waals surface area contributed by atoms with Crippen LogP contribution in [0.1, 0.15) is 41.3 Å². The molecule has 0 bridgehead atoms. The number of benzene rings is 1. The second-order valence-corrected chi connectivity index (χ2v) is 5.37. The van der Waals surface area contributed by atoms with E-state index in [-0.39, 0.29) is 5.91 Å². The molecule has 1 aliphatic heterocycles. The van der Waals surface area contributed by atoms with Gasteiger partial charge in [0.25, 0.3) is 5.91 Å². The largest absolute Gasteiger partial charge is 0.339 e. The number of likely N-dealkylation sites (tertiary alicyclic amines) is 1. The SMILES string of the molecule is CCNC1CCN(C(=O)c2cccc(C)c2C)CC1. The van der Waals surface area contributed by atoms with Crippen LogP contribution in [-0.4, -0.2) is 36.5 Å². The molecule has 3 nitrogen and oxygen atoms in total. The molecule has 0 aliphatic carbocycles. The lowest BCUT2D eigenvalue weighted by atomic mass is 10.00. The summed E-state index contributed by atoms with van der Waals surface area (Å²) in [5.74, 6) is 0.191. The summed E-state index contributed by atoms with van der Waals surface area (Å²) in [6.45, 7) is 8.97. The fourth-order valence-electron chi connectivity index (χ4n) is 2.73. The first-order chi connectivity index (χ1) is 9.13. The zero-order valence-corrected chi connectivity index (χ0v) is 12.2. The monoisotopic (exact) mass is 260 g/mol. The fraction of sp³-hybridized carbons (Fsp3) is 0.562. The standard InChI is InChI=1S/C16H24N2O/c1-4-17-14-8-10-18(11-9-14)16(19)15-7-5-6-12(2)13(15)3/h5-7,14,17H,4,8-11H2,1-3H3. The van der Waals surface area contributed by atoms with Gasteiger partial charge < -0.3 is 10.2 Å². The van der Waals surface area contributed by atoms with Crippen molar-refractivity contribution < 1.29 is 4.79 Å². The molecule has 0 aromatic heterocycles. The van der Waals surface area contributed by atoms with Crippen LogP contribution in [-0.2, 0) is 0 Å². The van der Waals surface area contributed by atoms with E-state index in [0.29, 0.717) is 6.04 Å². The van der Waals surface area contributed by atoms with Crippen molar-refractivity contribution in [2.45, 2.75) is 39.7 Å². The van der Waals surface area contributed by atoms with E-state index in [2.05, 4.69) is 25.2 Å². The predicted molar refractivity (Wildman–Crippen MR) is 78.5 cm³/mol.